The highest BCUT2D eigenvalue weighted by Crippen LogP contribution is 2.08. The van der Waals surface area contributed by atoms with Crippen LogP contribution in [0.2, 0.25) is 0 Å². The van der Waals surface area contributed by atoms with Gasteiger partial charge in [0.1, 0.15) is 6.04 Å². The third-order valence-electron chi connectivity index (χ3n) is 2.74. The van der Waals surface area contributed by atoms with Crippen LogP contribution in [0.25, 0.3) is 10.9 Å². The average molecular weight is 232 g/mol. The van der Waals surface area contributed by atoms with Gasteiger partial charge in [-0.2, -0.15) is 0 Å². The molecule has 1 aromatic carbocycles. The van der Waals surface area contributed by atoms with E-state index in [1.165, 1.54) is 0 Å². The third-order valence-corrected chi connectivity index (χ3v) is 2.74. The van der Waals surface area contributed by atoms with Gasteiger partial charge in [0.25, 0.3) is 5.56 Å². The number of aromatic nitrogens is 2. The van der Waals surface area contributed by atoms with E-state index in [0.717, 1.165) is 11.3 Å². The molecule has 1 aromatic heterocycles. The normalized spacial score (nSPS) is 13.2. The van der Waals surface area contributed by atoms with Crippen molar-refractivity contribution in [3.8, 4) is 0 Å². The maximum absolute atomic E-state index is 11.9. The lowest BCUT2D eigenvalue weighted by Crippen LogP contribution is -2.89. The first-order valence-corrected chi connectivity index (χ1v) is 5.92. The fraction of sp³-hybridized carbons (Fsp3) is 0.385. The minimum absolute atomic E-state index is 0.0605. The van der Waals surface area contributed by atoms with Gasteiger partial charge >= 0.3 is 0 Å². The number of quaternary nitrogens is 1. The molecular formula is C13H18N3O+. The van der Waals surface area contributed by atoms with Crippen LogP contribution in [0.1, 0.15) is 32.6 Å². The Balaban J connectivity index is 2.46. The van der Waals surface area contributed by atoms with E-state index in [-0.39, 0.29) is 11.6 Å². The first-order valence-electron chi connectivity index (χ1n) is 5.92. The van der Waals surface area contributed by atoms with Gasteiger partial charge in [-0.25, -0.2) is 4.98 Å². The van der Waals surface area contributed by atoms with E-state index in [9.17, 15) is 4.79 Å². The maximum atomic E-state index is 11.9. The fourth-order valence-corrected chi connectivity index (χ4v) is 1.99. The number of rotatable bonds is 3. The topological polar surface area (TPSA) is 62.4 Å². The number of benzene rings is 1. The van der Waals surface area contributed by atoms with Crippen LogP contribution in [0.15, 0.2) is 29.1 Å². The Morgan fingerprint density at radius 3 is 2.65 bits per heavy atom. The van der Waals surface area contributed by atoms with E-state index < -0.39 is 0 Å². The predicted molar refractivity (Wildman–Crippen MR) is 67.8 cm³/mol. The second-order valence-electron chi connectivity index (χ2n) is 4.69. The minimum atomic E-state index is -0.0605. The molecule has 0 bridgehead atoms. The molecule has 1 heterocycles. The molecule has 4 heteroatoms. The van der Waals surface area contributed by atoms with Gasteiger partial charge in [-0.15, -0.1) is 0 Å². The summed E-state index contributed by atoms with van der Waals surface area (Å²) in [6.45, 7) is 6.29. The quantitative estimate of drug-likeness (QED) is 0.828. The highest BCUT2D eigenvalue weighted by molar-refractivity contribution is 5.77. The summed E-state index contributed by atoms with van der Waals surface area (Å²) in [4.78, 5) is 19.2. The van der Waals surface area contributed by atoms with Crippen LogP contribution in [0.3, 0.4) is 0 Å². The van der Waals surface area contributed by atoms with Gasteiger partial charge < -0.3 is 10.3 Å². The second-order valence-corrected chi connectivity index (χ2v) is 4.69. The summed E-state index contributed by atoms with van der Waals surface area (Å²) in [6.07, 6.45) is 0. The lowest BCUT2D eigenvalue weighted by Gasteiger charge is -2.12. The number of hydrogen-bond donors (Lipinski definition) is 2. The summed E-state index contributed by atoms with van der Waals surface area (Å²) in [5, 5.41) is 2.82. The molecule has 3 N–H and O–H groups in total. The first-order chi connectivity index (χ1) is 8.08. The van der Waals surface area contributed by atoms with Crippen LogP contribution in [-0.2, 0) is 0 Å². The SMILES string of the molecule is CC(C)[NH2+][C@H](C)c1nc2ccccc2c(=O)[nH]1. The number of H-pyrrole nitrogens is 1. The Morgan fingerprint density at radius 1 is 1.24 bits per heavy atom. The number of nitrogens with two attached hydrogens (primary N) is 1. The standard InChI is InChI=1S/C13H17N3O/c1-8(2)14-9(3)12-15-11-7-5-4-6-10(11)13(17)16-12/h4-9,14H,1-3H3,(H,15,16,17)/p+1/t9-/m1/s1. The molecule has 0 spiro atoms. The van der Waals surface area contributed by atoms with Gasteiger partial charge in [0.2, 0.25) is 0 Å². The zero-order valence-electron chi connectivity index (χ0n) is 10.4. The van der Waals surface area contributed by atoms with Crippen LogP contribution in [0, 0.1) is 0 Å². The van der Waals surface area contributed by atoms with E-state index in [4.69, 9.17) is 0 Å². The van der Waals surface area contributed by atoms with Crippen molar-refractivity contribution in [2.75, 3.05) is 0 Å². The van der Waals surface area contributed by atoms with Crippen molar-refractivity contribution in [1.82, 2.24) is 9.97 Å². The summed E-state index contributed by atoms with van der Waals surface area (Å²) < 4.78 is 0. The van der Waals surface area contributed by atoms with Crippen LogP contribution >= 0.6 is 0 Å². The molecule has 17 heavy (non-hydrogen) atoms. The first kappa shape index (κ1) is 11.8. The number of para-hydroxylation sites is 1. The predicted octanol–water partition coefficient (Wildman–Crippen LogP) is 0.956. The molecule has 0 radical (unpaired) electrons. The van der Waals surface area contributed by atoms with Crippen molar-refractivity contribution in [2.45, 2.75) is 32.9 Å². The van der Waals surface area contributed by atoms with Crippen LogP contribution in [-0.4, -0.2) is 16.0 Å². The Labute approximate surface area is 100 Å². The highest BCUT2D eigenvalue weighted by Gasteiger charge is 2.14. The molecule has 0 saturated heterocycles. The zero-order valence-corrected chi connectivity index (χ0v) is 10.4. The van der Waals surface area contributed by atoms with Gasteiger partial charge in [-0.05, 0) is 32.9 Å². The summed E-state index contributed by atoms with van der Waals surface area (Å²) in [5.74, 6) is 0.738. The minimum Gasteiger partial charge on any atom is -0.336 e. The molecule has 0 aliphatic carbocycles. The van der Waals surface area contributed by atoms with Crippen LogP contribution < -0.4 is 10.9 Å². The summed E-state index contributed by atoms with van der Waals surface area (Å²) in [7, 11) is 0. The number of hydrogen-bond acceptors (Lipinski definition) is 2. The van der Waals surface area contributed by atoms with E-state index in [1.807, 2.05) is 25.1 Å². The van der Waals surface area contributed by atoms with Gasteiger partial charge in [0, 0.05) is 0 Å². The fourth-order valence-electron chi connectivity index (χ4n) is 1.99. The van der Waals surface area contributed by atoms with Crippen LogP contribution in [0.4, 0.5) is 0 Å². The maximum Gasteiger partial charge on any atom is 0.258 e. The van der Waals surface area contributed by atoms with Crippen molar-refractivity contribution in [1.29, 1.82) is 0 Å². The van der Waals surface area contributed by atoms with Crippen LogP contribution in [0.5, 0.6) is 0 Å². The monoisotopic (exact) mass is 232 g/mol. The molecular weight excluding hydrogens is 214 g/mol. The molecule has 0 amide bonds. The van der Waals surface area contributed by atoms with Gasteiger partial charge in [0.15, 0.2) is 5.82 Å². The van der Waals surface area contributed by atoms with Crippen molar-refractivity contribution in [3.63, 3.8) is 0 Å². The van der Waals surface area contributed by atoms with E-state index >= 15 is 0 Å². The number of nitrogens with one attached hydrogen (secondary N) is 1. The summed E-state index contributed by atoms with van der Waals surface area (Å²) in [5.41, 5.74) is 0.699. The molecule has 4 nitrogen and oxygen atoms in total. The summed E-state index contributed by atoms with van der Waals surface area (Å²) in [6, 6.07) is 8.05. The summed E-state index contributed by atoms with van der Waals surface area (Å²) >= 11 is 0. The van der Waals surface area contributed by atoms with Crippen molar-refractivity contribution < 1.29 is 5.32 Å². The number of aromatic amines is 1. The second kappa shape index (κ2) is 4.67. The average Bonchev–Trinajstić information content (AvgIpc) is 2.28. The van der Waals surface area contributed by atoms with Gasteiger partial charge in [-0.1, -0.05) is 12.1 Å². The molecule has 0 fully saturated rings. The van der Waals surface area contributed by atoms with Crippen molar-refractivity contribution in [3.05, 3.63) is 40.4 Å². The Hall–Kier alpha value is -1.68. The lowest BCUT2D eigenvalue weighted by atomic mass is 10.2. The molecule has 0 unspecified atom stereocenters. The number of fused-ring (bicyclic) bond motifs is 1. The molecule has 0 aliphatic rings. The number of nitrogens with zero attached hydrogens (tertiary/aromatic N) is 1. The molecule has 2 aromatic rings. The molecule has 0 aliphatic heterocycles. The molecule has 90 valence electrons. The van der Waals surface area contributed by atoms with E-state index in [0.29, 0.717) is 11.4 Å². The largest absolute Gasteiger partial charge is 0.336 e. The zero-order chi connectivity index (χ0) is 12.4. The van der Waals surface area contributed by atoms with E-state index in [1.54, 1.807) is 6.07 Å². The van der Waals surface area contributed by atoms with Gasteiger partial charge in [-0.3, -0.25) is 4.79 Å². The Kier molecular flexibility index (Phi) is 3.24. The third kappa shape index (κ3) is 2.53. The van der Waals surface area contributed by atoms with Gasteiger partial charge in [0.05, 0.1) is 16.9 Å². The highest BCUT2D eigenvalue weighted by atomic mass is 16.1. The van der Waals surface area contributed by atoms with Crippen molar-refractivity contribution in [2.24, 2.45) is 0 Å². The Bertz CT molecular complexity index is 574. The van der Waals surface area contributed by atoms with E-state index in [2.05, 4.69) is 29.1 Å². The Morgan fingerprint density at radius 2 is 1.94 bits per heavy atom. The molecule has 0 saturated carbocycles. The molecule has 1 atom stereocenters. The smallest absolute Gasteiger partial charge is 0.258 e. The van der Waals surface area contributed by atoms with Crippen molar-refractivity contribution >= 4 is 10.9 Å². The molecule has 2 rings (SSSR count). The lowest BCUT2D eigenvalue weighted by molar-refractivity contribution is -0.720.